The minimum Gasteiger partial charge on any atom is -0.492 e. The van der Waals surface area contributed by atoms with Gasteiger partial charge in [0.25, 0.3) is 0 Å². The maximum absolute atomic E-state index is 6.22. The number of nitrogens with one attached hydrogen (secondary N) is 2. The lowest BCUT2D eigenvalue weighted by atomic mass is 9.96. The first-order chi connectivity index (χ1) is 13.7. The van der Waals surface area contributed by atoms with Gasteiger partial charge in [0.05, 0.1) is 34.9 Å². The van der Waals surface area contributed by atoms with Gasteiger partial charge in [-0.05, 0) is 29.8 Å². The van der Waals surface area contributed by atoms with Crippen molar-refractivity contribution in [3.05, 3.63) is 63.6 Å². The van der Waals surface area contributed by atoms with E-state index >= 15 is 0 Å². The smallest absolute Gasteiger partial charge is 0.188 e. The zero-order chi connectivity index (χ0) is 19.3. The number of halogens is 2. The molecule has 6 nitrogen and oxygen atoms in total. The molecule has 2 aliphatic heterocycles. The molecule has 28 heavy (non-hydrogen) atoms. The summed E-state index contributed by atoms with van der Waals surface area (Å²) < 4.78 is 12.3. The van der Waals surface area contributed by atoms with E-state index in [2.05, 4.69) is 15.8 Å². The van der Waals surface area contributed by atoms with Crippen molar-refractivity contribution in [2.24, 2.45) is 11.1 Å². The molecule has 0 saturated carbocycles. The fourth-order valence-corrected chi connectivity index (χ4v) is 3.66. The molecule has 1 fully saturated rings. The van der Waals surface area contributed by atoms with E-state index in [4.69, 9.17) is 37.5 Å². The van der Waals surface area contributed by atoms with Crippen LogP contribution in [0.15, 0.2) is 47.6 Å². The summed E-state index contributed by atoms with van der Waals surface area (Å²) in [5, 5.41) is 11.6. The van der Waals surface area contributed by atoms with E-state index in [1.165, 1.54) is 0 Å². The Kier molecular flexibility index (Phi) is 6.22. The van der Waals surface area contributed by atoms with E-state index in [1.54, 1.807) is 6.07 Å². The third-order valence-electron chi connectivity index (χ3n) is 4.74. The van der Waals surface area contributed by atoms with E-state index in [1.807, 2.05) is 36.4 Å². The molecule has 2 aliphatic rings. The quantitative estimate of drug-likeness (QED) is 0.771. The third-order valence-corrected chi connectivity index (χ3v) is 5.48. The third kappa shape index (κ3) is 4.36. The van der Waals surface area contributed by atoms with Gasteiger partial charge < -0.3 is 24.9 Å². The van der Waals surface area contributed by atoms with Crippen LogP contribution in [0.25, 0.3) is 0 Å². The van der Waals surface area contributed by atoms with Gasteiger partial charge in [-0.1, -0.05) is 46.6 Å². The summed E-state index contributed by atoms with van der Waals surface area (Å²) in [7, 11) is 0. The summed E-state index contributed by atoms with van der Waals surface area (Å²) in [5.74, 6) is 1.52. The summed E-state index contributed by atoms with van der Waals surface area (Å²) in [5.41, 5.74) is 1.86. The Morgan fingerprint density at radius 3 is 2.86 bits per heavy atom. The van der Waals surface area contributed by atoms with E-state index in [0.717, 1.165) is 30.0 Å². The number of rotatable bonds is 5. The van der Waals surface area contributed by atoms with Crippen molar-refractivity contribution in [1.82, 2.24) is 10.6 Å². The Bertz CT molecular complexity index is 862. The first kappa shape index (κ1) is 19.3. The van der Waals surface area contributed by atoms with Crippen molar-refractivity contribution in [3.8, 4) is 5.75 Å². The van der Waals surface area contributed by atoms with Gasteiger partial charge in [-0.3, -0.25) is 0 Å². The van der Waals surface area contributed by atoms with Crippen LogP contribution in [0.1, 0.15) is 17.2 Å². The molecule has 1 saturated heterocycles. The number of oxime groups is 1. The number of hydrogen-bond donors (Lipinski definition) is 2. The summed E-state index contributed by atoms with van der Waals surface area (Å²) in [6, 6.07) is 13.4. The lowest BCUT2D eigenvalue weighted by Crippen LogP contribution is -2.30. The molecule has 2 N–H and O–H groups in total. The molecule has 2 aromatic rings. The first-order valence-corrected chi connectivity index (χ1v) is 9.91. The van der Waals surface area contributed by atoms with Gasteiger partial charge in [0.1, 0.15) is 5.75 Å². The highest BCUT2D eigenvalue weighted by molar-refractivity contribution is 6.42. The fraction of sp³-hybridized carbons (Fsp3) is 0.350. The number of hydrogen-bond acceptors (Lipinski definition) is 6. The molecular formula is C20H21Cl2N3O3. The van der Waals surface area contributed by atoms with Gasteiger partial charge >= 0.3 is 0 Å². The Morgan fingerprint density at radius 2 is 2.04 bits per heavy atom. The largest absolute Gasteiger partial charge is 0.492 e. The molecule has 0 unspecified atom stereocenters. The summed E-state index contributed by atoms with van der Waals surface area (Å²) in [6.45, 7) is 3.03. The SMILES string of the molecule is Clc1ccc([C@@H]2OCCNC[C@H]2COc2ccccc2C2=NOCN2)cc1Cl. The molecule has 0 bridgehead atoms. The zero-order valence-electron chi connectivity index (χ0n) is 15.2. The average Bonchev–Trinajstić information content (AvgIpc) is 3.15. The molecule has 0 radical (unpaired) electrons. The number of para-hydroxylation sites is 1. The molecule has 2 atom stereocenters. The second-order valence-electron chi connectivity index (χ2n) is 6.63. The highest BCUT2D eigenvalue weighted by Crippen LogP contribution is 2.33. The first-order valence-electron chi connectivity index (χ1n) is 9.15. The predicted molar refractivity (Wildman–Crippen MR) is 109 cm³/mol. The van der Waals surface area contributed by atoms with Crippen molar-refractivity contribution in [3.63, 3.8) is 0 Å². The number of nitrogens with zero attached hydrogens (tertiary/aromatic N) is 1. The topological polar surface area (TPSA) is 64.1 Å². The molecule has 0 spiro atoms. The van der Waals surface area contributed by atoms with Gasteiger partial charge in [-0.15, -0.1) is 0 Å². The van der Waals surface area contributed by atoms with Gasteiger partial charge in [0.15, 0.2) is 12.6 Å². The Labute approximate surface area is 173 Å². The van der Waals surface area contributed by atoms with Crippen LogP contribution < -0.4 is 15.4 Å². The highest BCUT2D eigenvalue weighted by atomic mass is 35.5. The zero-order valence-corrected chi connectivity index (χ0v) is 16.7. The molecular weight excluding hydrogens is 401 g/mol. The van der Waals surface area contributed by atoms with Crippen LogP contribution in [0.4, 0.5) is 0 Å². The van der Waals surface area contributed by atoms with Crippen molar-refractivity contribution in [1.29, 1.82) is 0 Å². The van der Waals surface area contributed by atoms with Gasteiger partial charge in [-0.2, -0.15) is 0 Å². The van der Waals surface area contributed by atoms with Gasteiger partial charge in [0, 0.05) is 19.0 Å². The molecule has 148 valence electrons. The van der Waals surface area contributed by atoms with E-state index in [-0.39, 0.29) is 12.0 Å². The minimum atomic E-state index is -0.137. The standard InChI is InChI=1S/C20H21Cl2N3O3/c21-16-6-5-13(9-17(16)22)19-14(10-23-7-8-26-19)11-27-18-4-2-1-3-15(18)20-24-12-28-25-20/h1-6,9,14,19,23H,7-8,10-12H2,(H,24,25)/t14-,19-/m0/s1. The lowest BCUT2D eigenvalue weighted by molar-refractivity contribution is 0.0153. The lowest BCUT2D eigenvalue weighted by Gasteiger charge is -2.26. The van der Waals surface area contributed by atoms with Crippen LogP contribution in [0.3, 0.4) is 0 Å². The van der Waals surface area contributed by atoms with Gasteiger partial charge in [-0.25, -0.2) is 0 Å². The molecule has 0 aromatic heterocycles. The normalized spacial score (nSPS) is 22.0. The van der Waals surface area contributed by atoms with Gasteiger partial charge in [0.2, 0.25) is 0 Å². The Balaban J connectivity index is 1.53. The van der Waals surface area contributed by atoms with Crippen LogP contribution >= 0.6 is 23.2 Å². The Morgan fingerprint density at radius 1 is 1.14 bits per heavy atom. The fourth-order valence-electron chi connectivity index (χ4n) is 3.35. The Hall–Kier alpha value is -1.99. The maximum Gasteiger partial charge on any atom is 0.188 e. The second kappa shape index (κ2) is 9.01. The number of amidine groups is 1. The summed E-state index contributed by atoms with van der Waals surface area (Å²) in [6.07, 6.45) is -0.137. The summed E-state index contributed by atoms with van der Waals surface area (Å²) in [4.78, 5) is 5.04. The maximum atomic E-state index is 6.22. The number of benzene rings is 2. The van der Waals surface area contributed by atoms with E-state index in [0.29, 0.717) is 35.8 Å². The van der Waals surface area contributed by atoms with Crippen LogP contribution in [0.2, 0.25) is 10.0 Å². The highest BCUT2D eigenvalue weighted by Gasteiger charge is 2.28. The molecule has 0 aliphatic carbocycles. The molecule has 8 heteroatoms. The van der Waals surface area contributed by atoms with Crippen molar-refractivity contribution in [2.45, 2.75) is 6.10 Å². The predicted octanol–water partition coefficient (Wildman–Crippen LogP) is 3.59. The van der Waals surface area contributed by atoms with Crippen LogP contribution in [0, 0.1) is 5.92 Å². The molecule has 2 aromatic carbocycles. The minimum absolute atomic E-state index is 0.0996. The monoisotopic (exact) mass is 421 g/mol. The van der Waals surface area contributed by atoms with Crippen LogP contribution in [0.5, 0.6) is 5.75 Å². The van der Waals surface area contributed by atoms with Crippen LogP contribution in [-0.2, 0) is 9.57 Å². The van der Waals surface area contributed by atoms with Crippen LogP contribution in [-0.4, -0.2) is 38.9 Å². The van der Waals surface area contributed by atoms with Crippen molar-refractivity contribution in [2.75, 3.05) is 33.0 Å². The summed E-state index contributed by atoms with van der Waals surface area (Å²) >= 11 is 12.3. The average molecular weight is 422 g/mol. The van der Waals surface area contributed by atoms with Crippen molar-refractivity contribution >= 4 is 29.0 Å². The van der Waals surface area contributed by atoms with E-state index in [9.17, 15) is 0 Å². The second-order valence-corrected chi connectivity index (χ2v) is 7.44. The number of ether oxygens (including phenoxy) is 2. The van der Waals surface area contributed by atoms with E-state index < -0.39 is 0 Å². The molecule has 2 heterocycles. The van der Waals surface area contributed by atoms with Crippen molar-refractivity contribution < 1.29 is 14.3 Å². The molecule has 0 amide bonds. The molecule has 4 rings (SSSR count).